The maximum absolute atomic E-state index is 12.5. The lowest BCUT2D eigenvalue weighted by molar-refractivity contribution is -0.127. The number of aryl methyl sites for hydroxylation is 1. The monoisotopic (exact) mass is 380 g/mol. The van der Waals surface area contributed by atoms with Gasteiger partial charge in [0.05, 0.1) is 6.04 Å². The van der Waals surface area contributed by atoms with E-state index in [2.05, 4.69) is 41.4 Å². The maximum atomic E-state index is 12.5. The highest BCUT2D eigenvalue weighted by Gasteiger charge is 2.19. The molecule has 1 aliphatic rings. The van der Waals surface area contributed by atoms with Crippen LogP contribution in [0.5, 0.6) is 5.75 Å². The number of nitrogens with one attached hydrogen (secondary N) is 1. The Kier molecular flexibility index (Phi) is 6.61. The summed E-state index contributed by atoms with van der Waals surface area (Å²) >= 11 is 0. The highest BCUT2D eigenvalue weighted by atomic mass is 16.5. The van der Waals surface area contributed by atoms with Gasteiger partial charge in [-0.3, -0.25) is 4.79 Å². The van der Waals surface area contributed by atoms with Crippen molar-refractivity contribution >= 4 is 11.6 Å². The van der Waals surface area contributed by atoms with Crippen molar-refractivity contribution in [2.45, 2.75) is 52.7 Å². The molecule has 2 aromatic carbocycles. The van der Waals surface area contributed by atoms with E-state index in [-0.39, 0.29) is 11.9 Å². The first kappa shape index (κ1) is 20.2. The van der Waals surface area contributed by atoms with Crippen molar-refractivity contribution in [2.24, 2.45) is 5.92 Å². The number of ether oxygens (including phenoxy) is 1. The first-order chi connectivity index (χ1) is 13.4. The van der Waals surface area contributed by atoms with Gasteiger partial charge in [-0.1, -0.05) is 37.3 Å². The first-order valence-electron chi connectivity index (χ1n) is 10.3. The van der Waals surface area contributed by atoms with Crippen molar-refractivity contribution in [1.82, 2.24) is 5.32 Å². The largest absolute Gasteiger partial charge is 0.481 e. The van der Waals surface area contributed by atoms with E-state index in [4.69, 9.17) is 4.74 Å². The predicted octanol–water partition coefficient (Wildman–Crippen LogP) is 4.88. The fraction of sp³-hybridized carbons (Fsp3) is 0.458. The second-order valence-electron chi connectivity index (χ2n) is 8.02. The van der Waals surface area contributed by atoms with Crippen molar-refractivity contribution < 1.29 is 9.53 Å². The average Bonchev–Trinajstić information content (AvgIpc) is 2.70. The molecule has 4 heteroatoms. The molecule has 0 aromatic heterocycles. The summed E-state index contributed by atoms with van der Waals surface area (Å²) in [4.78, 5) is 15.0. The number of carbonyl (C=O) groups excluding carboxylic acids is 1. The fourth-order valence-electron chi connectivity index (χ4n) is 3.59. The van der Waals surface area contributed by atoms with E-state index in [0.29, 0.717) is 0 Å². The molecule has 2 atom stereocenters. The molecule has 2 aromatic rings. The zero-order chi connectivity index (χ0) is 20.1. The molecule has 28 heavy (non-hydrogen) atoms. The van der Waals surface area contributed by atoms with Crippen LogP contribution in [0, 0.1) is 12.8 Å². The number of piperidine rings is 1. The third-order valence-corrected chi connectivity index (χ3v) is 5.67. The second kappa shape index (κ2) is 9.13. The number of hydrogen-bond acceptors (Lipinski definition) is 3. The fourth-order valence-corrected chi connectivity index (χ4v) is 3.59. The molecule has 0 aliphatic carbocycles. The number of amides is 1. The number of rotatable bonds is 6. The Morgan fingerprint density at radius 3 is 2.36 bits per heavy atom. The number of hydrogen-bond donors (Lipinski definition) is 1. The van der Waals surface area contributed by atoms with Crippen molar-refractivity contribution in [3.05, 3.63) is 59.7 Å². The van der Waals surface area contributed by atoms with Crippen molar-refractivity contribution in [3.8, 4) is 5.75 Å². The molecule has 1 fully saturated rings. The molecular formula is C24H32N2O2. The lowest BCUT2D eigenvalue weighted by atomic mass is 9.98. The Morgan fingerprint density at radius 2 is 1.71 bits per heavy atom. The van der Waals surface area contributed by atoms with Gasteiger partial charge in [0.15, 0.2) is 6.10 Å². The van der Waals surface area contributed by atoms with Crippen LogP contribution in [0.3, 0.4) is 0 Å². The molecular weight excluding hydrogens is 348 g/mol. The summed E-state index contributed by atoms with van der Waals surface area (Å²) in [7, 11) is 0. The van der Waals surface area contributed by atoms with Crippen LogP contribution in [0.4, 0.5) is 5.69 Å². The van der Waals surface area contributed by atoms with E-state index in [0.717, 1.165) is 35.9 Å². The van der Waals surface area contributed by atoms with Crippen LogP contribution < -0.4 is 15.0 Å². The summed E-state index contributed by atoms with van der Waals surface area (Å²) in [5, 5.41) is 3.06. The van der Waals surface area contributed by atoms with E-state index in [9.17, 15) is 4.79 Å². The molecule has 1 amide bonds. The summed E-state index contributed by atoms with van der Waals surface area (Å²) < 4.78 is 5.83. The minimum Gasteiger partial charge on any atom is -0.481 e. The highest BCUT2D eigenvalue weighted by Crippen LogP contribution is 2.25. The van der Waals surface area contributed by atoms with Gasteiger partial charge in [0.2, 0.25) is 0 Å². The van der Waals surface area contributed by atoms with Crippen molar-refractivity contribution in [2.75, 3.05) is 18.0 Å². The summed E-state index contributed by atoms with van der Waals surface area (Å²) in [5.41, 5.74) is 3.40. The normalized spacial score (nSPS) is 17.1. The van der Waals surface area contributed by atoms with Gasteiger partial charge in [-0.15, -0.1) is 0 Å². The molecule has 0 spiro atoms. The lowest BCUT2D eigenvalue weighted by Gasteiger charge is -2.32. The summed E-state index contributed by atoms with van der Waals surface area (Å²) in [6.07, 6.45) is 1.97. The van der Waals surface area contributed by atoms with Crippen LogP contribution in [0.1, 0.15) is 50.8 Å². The average molecular weight is 381 g/mol. The predicted molar refractivity (Wildman–Crippen MR) is 115 cm³/mol. The van der Waals surface area contributed by atoms with Crippen LogP contribution in [0.2, 0.25) is 0 Å². The minimum atomic E-state index is -0.543. The Hall–Kier alpha value is -2.49. The maximum Gasteiger partial charge on any atom is 0.261 e. The van der Waals surface area contributed by atoms with Gasteiger partial charge in [-0.2, -0.15) is 0 Å². The first-order valence-corrected chi connectivity index (χ1v) is 10.3. The van der Waals surface area contributed by atoms with E-state index >= 15 is 0 Å². The molecule has 1 N–H and O–H groups in total. The van der Waals surface area contributed by atoms with Crippen molar-refractivity contribution in [1.29, 1.82) is 0 Å². The second-order valence-corrected chi connectivity index (χ2v) is 8.02. The van der Waals surface area contributed by atoms with Crippen LogP contribution in [-0.4, -0.2) is 25.1 Å². The van der Waals surface area contributed by atoms with Gasteiger partial charge < -0.3 is 15.0 Å². The molecule has 0 unspecified atom stereocenters. The lowest BCUT2D eigenvalue weighted by Crippen LogP contribution is -2.38. The van der Waals surface area contributed by atoms with Crippen molar-refractivity contribution in [3.63, 3.8) is 0 Å². The van der Waals surface area contributed by atoms with E-state index in [1.165, 1.54) is 18.5 Å². The number of benzene rings is 2. The van der Waals surface area contributed by atoms with E-state index < -0.39 is 6.10 Å². The summed E-state index contributed by atoms with van der Waals surface area (Å²) in [6.45, 7) is 10.4. The number of anilines is 1. The standard InChI is InChI=1S/C24H32N2O2/c1-17-13-15-26(16-14-17)22-11-9-21(10-12-22)19(3)25-24(27)20(4)28-23-8-6-5-7-18(23)2/h5-12,17,19-20H,13-16H2,1-4H3,(H,25,27)/t19-,20-/m1/s1. The van der Waals surface area contributed by atoms with Crippen LogP contribution in [0.25, 0.3) is 0 Å². The van der Waals surface area contributed by atoms with Gasteiger partial charge in [0, 0.05) is 18.8 Å². The molecule has 0 bridgehead atoms. The zero-order valence-electron chi connectivity index (χ0n) is 17.4. The minimum absolute atomic E-state index is 0.0640. The molecule has 3 rings (SSSR count). The molecule has 1 heterocycles. The zero-order valence-corrected chi connectivity index (χ0v) is 17.4. The van der Waals surface area contributed by atoms with E-state index in [1.807, 2.05) is 38.1 Å². The van der Waals surface area contributed by atoms with Gasteiger partial charge in [0.25, 0.3) is 5.91 Å². The third kappa shape index (κ3) is 5.06. The van der Waals surface area contributed by atoms with Crippen LogP contribution in [0.15, 0.2) is 48.5 Å². The SMILES string of the molecule is Cc1ccccc1O[C@H](C)C(=O)N[C@H](C)c1ccc(N2CCC(C)CC2)cc1. The number of carbonyl (C=O) groups is 1. The Labute approximate surface area is 168 Å². The smallest absolute Gasteiger partial charge is 0.261 e. The Balaban J connectivity index is 1.55. The Bertz CT molecular complexity index is 779. The molecule has 0 saturated carbocycles. The molecule has 0 radical (unpaired) electrons. The van der Waals surface area contributed by atoms with E-state index in [1.54, 1.807) is 6.92 Å². The molecule has 4 nitrogen and oxygen atoms in total. The summed E-state index contributed by atoms with van der Waals surface area (Å²) in [6, 6.07) is 16.3. The third-order valence-electron chi connectivity index (χ3n) is 5.67. The van der Waals surface area contributed by atoms with Gasteiger partial charge >= 0.3 is 0 Å². The van der Waals surface area contributed by atoms with Gasteiger partial charge in [-0.25, -0.2) is 0 Å². The van der Waals surface area contributed by atoms with Gasteiger partial charge in [-0.05, 0) is 68.9 Å². The molecule has 1 saturated heterocycles. The van der Waals surface area contributed by atoms with Crippen LogP contribution >= 0.6 is 0 Å². The Morgan fingerprint density at radius 1 is 1.07 bits per heavy atom. The number of nitrogens with zero attached hydrogens (tertiary/aromatic N) is 1. The summed E-state index contributed by atoms with van der Waals surface area (Å²) in [5.74, 6) is 1.47. The van der Waals surface area contributed by atoms with Crippen LogP contribution in [-0.2, 0) is 4.79 Å². The molecule has 1 aliphatic heterocycles. The number of para-hydroxylation sites is 1. The topological polar surface area (TPSA) is 41.6 Å². The molecule has 150 valence electrons. The van der Waals surface area contributed by atoms with Gasteiger partial charge in [0.1, 0.15) is 5.75 Å². The highest BCUT2D eigenvalue weighted by molar-refractivity contribution is 5.81. The quantitative estimate of drug-likeness (QED) is 0.777.